The van der Waals surface area contributed by atoms with Gasteiger partial charge in [-0.05, 0) is 214 Å². The Morgan fingerprint density at radius 1 is 0.404 bits per heavy atom. The molecule has 0 saturated heterocycles. The van der Waals surface area contributed by atoms with Gasteiger partial charge in [0.2, 0.25) is 0 Å². The second-order valence-electron chi connectivity index (χ2n) is 30.4. The zero-order valence-electron chi connectivity index (χ0n) is 67.7. The minimum atomic E-state index is -0.0939. The quantitative estimate of drug-likeness (QED) is 0.0416. The molecule has 5 aromatic heterocycles. The highest BCUT2D eigenvalue weighted by atomic mass is 79.9. The average Bonchev–Trinajstić information content (AvgIpc) is 0.850. The highest BCUT2D eigenvalue weighted by molar-refractivity contribution is 9.09. The van der Waals surface area contributed by atoms with Crippen molar-refractivity contribution >= 4 is 22.1 Å². The third-order valence-corrected chi connectivity index (χ3v) is 12.7. The number of allylic oxidation sites excluding steroid dienone is 5. The number of alkyl halides is 1. The van der Waals surface area contributed by atoms with E-state index in [9.17, 15) is 0 Å². The van der Waals surface area contributed by atoms with Gasteiger partial charge in [0.1, 0.15) is 13.1 Å². The molecule has 0 aliphatic heterocycles. The highest BCUT2D eigenvalue weighted by Gasteiger charge is 2.11. The molecule has 0 amide bonds. The third kappa shape index (κ3) is 48.4. The number of aliphatic imine (C=N–C) groups is 1. The first-order chi connectivity index (χ1) is 49.4. The van der Waals surface area contributed by atoms with Crippen LogP contribution in [0.4, 0.5) is 0 Å². The van der Waals surface area contributed by atoms with Gasteiger partial charge in [0, 0.05) is 144 Å². The summed E-state index contributed by atoms with van der Waals surface area (Å²) in [4.78, 5) is 17.0. The van der Waals surface area contributed by atoms with Gasteiger partial charge in [-0.15, -0.1) is 13.2 Å². The zero-order chi connectivity index (χ0) is 78.3. The zero-order valence-corrected chi connectivity index (χ0v) is 74.1. The summed E-state index contributed by atoms with van der Waals surface area (Å²) in [5.74, 6) is 65.4. The molecule has 0 N–H and O–H groups in total. The maximum atomic E-state index is 4.47. The van der Waals surface area contributed by atoms with E-state index in [1.165, 1.54) is 0 Å². The van der Waals surface area contributed by atoms with Gasteiger partial charge in [-0.1, -0.05) is 194 Å². The molecule has 0 saturated carbocycles. The van der Waals surface area contributed by atoms with Crippen LogP contribution in [0.25, 0.3) is 0 Å². The van der Waals surface area contributed by atoms with E-state index in [1.54, 1.807) is 37.2 Å². The summed E-state index contributed by atoms with van der Waals surface area (Å²) in [6.07, 6.45) is 26.8. The molecule has 7 rings (SSSR count). The Bertz CT molecular complexity index is 4680. The molecule has 0 atom stereocenters. The van der Waals surface area contributed by atoms with Crippen LogP contribution in [0.15, 0.2) is 195 Å². The molecule has 2 aromatic carbocycles. The number of aryl methyl sites for hydroxylation is 2. The van der Waals surface area contributed by atoms with E-state index >= 15 is 0 Å². The molecule has 109 heavy (non-hydrogen) atoms. The van der Waals surface area contributed by atoms with Crippen LogP contribution in [0.3, 0.4) is 0 Å². The molecule has 5 heterocycles. The van der Waals surface area contributed by atoms with Gasteiger partial charge < -0.3 is 50.9 Å². The van der Waals surface area contributed by atoms with Crippen molar-refractivity contribution in [2.75, 3.05) is 11.9 Å². The lowest BCUT2D eigenvalue weighted by Crippen LogP contribution is -3.00. The molecular weight excluding hydrogens is 1590 g/mol. The normalized spacial score (nSPS) is 10.3. The molecule has 0 aliphatic carbocycles. The van der Waals surface area contributed by atoms with Gasteiger partial charge in [-0.25, -0.2) is 9.13 Å². The van der Waals surface area contributed by atoms with Crippen molar-refractivity contribution in [2.45, 2.75) is 173 Å². The maximum absolute atomic E-state index is 4.47. The summed E-state index contributed by atoms with van der Waals surface area (Å²) in [6, 6.07) is 25.8. The number of benzene rings is 2. The van der Waals surface area contributed by atoms with E-state index in [0.717, 1.165) is 107 Å². The number of nitrogens with zero attached hydrogens (tertiary/aromatic N) is 6. The van der Waals surface area contributed by atoms with Crippen molar-refractivity contribution in [3.8, 4) is 118 Å². The average molecular weight is 1700 g/mol. The lowest BCUT2D eigenvalue weighted by Gasteiger charge is -2.10. The number of halogens is 4. The van der Waals surface area contributed by atoms with Gasteiger partial charge in [0.15, 0.2) is 24.8 Å². The summed E-state index contributed by atoms with van der Waals surface area (Å²) < 4.78 is 4.24. The minimum Gasteiger partial charge on any atom is -1.00 e. The standard InChI is InChI=1S/C51H57N3.C32H28N2.C11H13N.C2H5Br.C2H4.CH4.3BrH/c1-14-52-35-44(29-40(4)23-26-49(5,6)7)20-17-41-30-42(18-21-45-33-47(24-27-50(8,9)10)38-53(15-2)36-45)32-43(31-41)19-22-46-34-48(25-28-51(11,12)13)39-54(16-3)37-46;1-31(2,3)16-14-29-19-27(21-33-23-29)12-10-25-8-7-9-26(18-25)11-13-28-20-30(24-34-22-28)15-17-32(4,5)6;1-11(2,3)7-6-10-5-4-8-12-9-10;1-2-3;1-2;;;;/h23,26,29-39H,4,14-16H2,1-3,5-13H3;7-9,18-24H,1-6H3;4-5,8-9H,1-3H3;2H2,1H3;1-2H2;1H4;3*1H/q+2;;;;;;;;/p-3/b26-23?,44-29-,52-35?;;;;;;;;. The summed E-state index contributed by atoms with van der Waals surface area (Å²) in [5, 5.41) is 1.06. The molecule has 0 aliphatic rings. The first kappa shape index (κ1) is 101. The summed E-state index contributed by atoms with van der Waals surface area (Å²) >= 11 is 3.15. The van der Waals surface area contributed by atoms with Crippen molar-refractivity contribution in [1.82, 2.24) is 15.0 Å². The van der Waals surface area contributed by atoms with Crippen LogP contribution in [0.1, 0.15) is 238 Å². The van der Waals surface area contributed by atoms with Crippen molar-refractivity contribution in [3.63, 3.8) is 0 Å². The van der Waals surface area contributed by atoms with Gasteiger partial charge in [-0.2, -0.15) is 0 Å². The number of hydrogen-bond donors (Lipinski definition) is 0. The van der Waals surface area contributed by atoms with Crippen molar-refractivity contribution in [2.24, 2.45) is 37.5 Å². The van der Waals surface area contributed by atoms with E-state index in [4.69, 9.17) is 0 Å². The van der Waals surface area contributed by atoms with E-state index in [0.29, 0.717) is 6.54 Å². The Morgan fingerprint density at radius 3 is 1.04 bits per heavy atom. The van der Waals surface area contributed by atoms with Crippen LogP contribution in [0.5, 0.6) is 0 Å². The first-order valence-electron chi connectivity index (χ1n) is 35.4. The lowest BCUT2D eigenvalue weighted by molar-refractivity contribution is -0.694. The number of aromatic nitrogens is 5. The predicted octanol–water partition coefficient (Wildman–Crippen LogP) is 11.8. The largest absolute Gasteiger partial charge is 1.00 e. The molecule has 0 unspecified atom stereocenters. The van der Waals surface area contributed by atoms with Crippen molar-refractivity contribution in [3.05, 3.63) is 268 Å². The van der Waals surface area contributed by atoms with Gasteiger partial charge in [-0.3, -0.25) is 19.9 Å². The molecule has 0 fully saturated rings. The smallest absolute Gasteiger partial charge is 0.184 e. The summed E-state index contributed by atoms with van der Waals surface area (Å²) in [5.41, 5.74) is 13.7. The van der Waals surface area contributed by atoms with E-state index in [-0.39, 0.29) is 90.9 Å². The molecule has 10 heteroatoms. The summed E-state index contributed by atoms with van der Waals surface area (Å²) in [6.45, 7) is 58.8. The molecule has 0 spiro atoms. The molecule has 566 valence electrons. The lowest BCUT2D eigenvalue weighted by atomic mass is 9.95. The second kappa shape index (κ2) is 50.9. The van der Waals surface area contributed by atoms with Crippen LogP contribution < -0.4 is 60.1 Å². The van der Waals surface area contributed by atoms with Gasteiger partial charge in [0.25, 0.3) is 0 Å². The Labute approximate surface area is 699 Å². The maximum Gasteiger partial charge on any atom is 0.184 e. The summed E-state index contributed by atoms with van der Waals surface area (Å²) in [7, 11) is 0. The minimum absolute atomic E-state index is 0. The van der Waals surface area contributed by atoms with Crippen LogP contribution in [0.2, 0.25) is 0 Å². The van der Waals surface area contributed by atoms with Gasteiger partial charge >= 0.3 is 0 Å². The van der Waals surface area contributed by atoms with E-state index in [2.05, 4.69) is 352 Å². The predicted molar refractivity (Wildman–Crippen MR) is 455 cm³/mol. The topological polar surface area (TPSA) is 58.8 Å². The number of pyridine rings is 5. The van der Waals surface area contributed by atoms with Gasteiger partial charge in [0.05, 0.1) is 22.3 Å². The fraction of sp³-hybridized carbons (Fsp3) is 0.333. The monoisotopic (exact) mass is 1700 g/mol. The molecule has 6 nitrogen and oxygen atoms in total. The fourth-order valence-electron chi connectivity index (χ4n) is 7.94. The Morgan fingerprint density at radius 2 is 0.688 bits per heavy atom. The number of hydrogen-bond acceptors (Lipinski definition) is 4. The Balaban J connectivity index is 0. The SMILES string of the molecule is C.C=C.C=C(C=CC(C)(C)C)/C=C(/C#Cc1cc(C#Cc2cc(C#CC(C)(C)C)c[n+](CC)c2)cc(C#Cc2cc(C#CC(C)(C)C)c[n+](CC)c2)c1)C=NCC.CC(C)(C)C#Cc1cccnc1.CC(C)(C)C#Cc1cncc(C#Cc2cccc(C#Cc3cncc(C#CC(C)(C)C)c3)c2)c1.CCBr.[Br-].[Br-].[Br-]. The van der Waals surface area contributed by atoms with Crippen LogP contribution in [-0.2, 0) is 13.1 Å². The first-order valence-corrected chi connectivity index (χ1v) is 36.6. The number of rotatable bonds is 6. The van der Waals surface area contributed by atoms with Crippen molar-refractivity contribution < 1.29 is 60.1 Å². The Hall–Kier alpha value is -9.66. The Kier molecular flexibility index (Phi) is 47.3. The van der Waals surface area contributed by atoms with Crippen LogP contribution >= 0.6 is 15.9 Å². The van der Waals surface area contributed by atoms with Crippen molar-refractivity contribution in [1.29, 1.82) is 0 Å². The molecule has 7 aromatic rings. The second-order valence-corrected chi connectivity index (χ2v) is 31.5. The van der Waals surface area contributed by atoms with E-state index in [1.807, 2.05) is 111 Å². The molecule has 0 bridgehead atoms. The molecular formula is C99H111Br4N6-. The highest BCUT2D eigenvalue weighted by Crippen LogP contribution is 2.19. The van der Waals surface area contributed by atoms with Crippen LogP contribution in [0, 0.1) is 151 Å². The third-order valence-electron chi connectivity index (χ3n) is 12.7. The fourth-order valence-corrected chi connectivity index (χ4v) is 7.94. The van der Waals surface area contributed by atoms with E-state index < -0.39 is 0 Å². The molecule has 0 radical (unpaired) electrons. The van der Waals surface area contributed by atoms with Crippen LogP contribution in [-0.4, -0.2) is 33.0 Å².